The minimum Gasteiger partial charge on any atom is -0.389 e. The molecule has 0 aromatic heterocycles. The largest absolute Gasteiger partial charge is 0.389 e. The Morgan fingerprint density at radius 2 is 1.81 bits per heavy atom. The first-order chi connectivity index (χ1) is 9.82. The first kappa shape index (κ1) is 15.4. The van der Waals surface area contributed by atoms with E-state index >= 15 is 0 Å². The van der Waals surface area contributed by atoms with E-state index in [0.717, 1.165) is 4.31 Å². The molecule has 4 nitrogen and oxygen atoms in total. The summed E-state index contributed by atoms with van der Waals surface area (Å²) in [6, 6.07) is 11.3. The van der Waals surface area contributed by atoms with Crippen LogP contribution in [0.2, 0.25) is 0 Å². The number of halogens is 1. The molecular weight excluding hydrogens is 311 g/mol. The standard InChI is InChI=1S/C14H13FN2O2S2/c1-17(12-7-5-11(15)6-8-12)21(18,19)13-4-2-3-10(9-13)14(16)20/h2-9H,1H3,(H2,16,20). The van der Waals surface area contributed by atoms with Gasteiger partial charge in [-0.05, 0) is 36.4 Å². The van der Waals surface area contributed by atoms with Crippen LogP contribution in [0.25, 0.3) is 0 Å². The lowest BCUT2D eigenvalue weighted by Crippen LogP contribution is -2.26. The minimum atomic E-state index is -3.77. The molecule has 0 saturated heterocycles. The van der Waals surface area contributed by atoms with Gasteiger partial charge in [-0.25, -0.2) is 12.8 Å². The molecule has 0 aliphatic heterocycles. The summed E-state index contributed by atoms with van der Waals surface area (Å²) in [5.74, 6) is -0.431. The van der Waals surface area contributed by atoms with Gasteiger partial charge in [0, 0.05) is 12.6 Å². The van der Waals surface area contributed by atoms with Gasteiger partial charge < -0.3 is 5.73 Å². The molecule has 21 heavy (non-hydrogen) atoms. The highest BCUT2D eigenvalue weighted by atomic mass is 32.2. The molecule has 0 atom stereocenters. The van der Waals surface area contributed by atoms with Gasteiger partial charge in [-0.1, -0.05) is 24.4 Å². The van der Waals surface area contributed by atoms with Crippen LogP contribution >= 0.6 is 12.2 Å². The summed E-state index contributed by atoms with van der Waals surface area (Å²) in [6.45, 7) is 0. The van der Waals surface area contributed by atoms with E-state index in [9.17, 15) is 12.8 Å². The molecule has 0 bridgehead atoms. The van der Waals surface area contributed by atoms with Crippen LogP contribution in [-0.4, -0.2) is 20.5 Å². The van der Waals surface area contributed by atoms with E-state index in [0.29, 0.717) is 11.3 Å². The number of hydrogen-bond acceptors (Lipinski definition) is 3. The van der Waals surface area contributed by atoms with E-state index in [1.165, 1.54) is 43.4 Å². The Morgan fingerprint density at radius 3 is 2.38 bits per heavy atom. The van der Waals surface area contributed by atoms with E-state index < -0.39 is 15.8 Å². The molecule has 0 spiro atoms. The van der Waals surface area contributed by atoms with Crippen LogP contribution in [0.1, 0.15) is 5.56 Å². The van der Waals surface area contributed by atoms with Crippen molar-refractivity contribution >= 4 is 32.9 Å². The molecule has 0 saturated carbocycles. The van der Waals surface area contributed by atoms with E-state index in [4.69, 9.17) is 18.0 Å². The molecule has 2 aromatic rings. The smallest absolute Gasteiger partial charge is 0.264 e. The fourth-order valence-corrected chi connectivity index (χ4v) is 3.13. The number of benzene rings is 2. The van der Waals surface area contributed by atoms with Crippen LogP contribution in [0.15, 0.2) is 53.4 Å². The van der Waals surface area contributed by atoms with Gasteiger partial charge in [0.15, 0.2) is 0 Å². The molecule has 2 aromatic carbocycles. The third-order valence-corrected chi connectivity index (χ3v) is 4.98. The van der Waals surface area contributed by atoms with Crippen LogP contribution in [0, 0.1) is 5.82 Å². The van der Waals surface area contributed by atoms with Crippen LogP contribution in [0.4, 0.5) is 10.1 Å². The topological polar surface area (TPSA) is 63.4 Å². The Kier molecular flexibility index (Phi) is 4.24. The van der Waals surface area contributed by atoms with E-state index in [2.05, 4.69) is 0 Å². The zero-order valence-corrected chi connectivity index (χ0v) is 12.8. The van der Waals surface area contributed by atoms with Crippen LogP contribution in [0.3, 0.4) is 0 Å². The molecular formula is C14H13FN2O2S2. The van der Waals surface area contributed by atoms with E-state index in [-0.39, 0.29) is 9.88 Å². The van der Waals surface area contributed by atoms with Gasteiger partial charge in [0.2, 0.25) is 0 Å². The molecule has 110 valence electrons. The Balaban J connectivity index is 2.44. The fourth-order valence-electron chi connectivity index (χ4n) is 1.76. The predicted octanol–water partition coefficient (Wildman–Crippen LogP) is 2.29. The first-order valence-electron chi connectivity index (χ1n) is 5.97. The summed E-state index contributed by atoms with van der Waals surface area (Å²) in [6.07, 6.45) is 0. The number of anilines is 1. The number of sulfonamides is 1. The normalized spacial score (nSPS) is 11.1. The molecule has 0 aliphatic rings. The number of hydrogen-bond donors (Lipinski definition) is 1. The van der Waals surface area contributed by atoms with Gasteiger partial charge in [0.1, 0.15) is 10.8 Å². The summed E-state index contributed by atoms with van der Waals surface area (Å²) >= 11 is 4.85. The number of nitrogens with two attached hydrogens (primary N) is 1. The Hall–Kier alpha value is -1.99. The second-order valence-electron chi connectivity index (χ2n) is 4.34. The highest BCUT2D eigenvalue weighted by Crippen LogP contribution is 2.22. The summed E-state index contributed by atoms with van der Waals surface area (Å²) in [7, 11) is -2.37. The van der Waals surface area contributed by atoms with E-state index in [1.807, 2.05) is 0 Å². The average molecular weight is 324 g/mol. The van der Waals surface area contributed by atoms with Crippen molar-refractivity contribution in [2.75, 3.05) is 11.4 Å². The Labute approximate surface area is 128 Å². The van der Waals surface area contributed by atoms with E-state index in [1.54, 1.807) is 12.1 Å². The van der Waals surface area contributed by atoms with Gasteiger partial charge in [-0.3, -0.25) is 4.31 Å². The molecule has 0 heterocycles. The maximum atomic E-state index is 12.9. The first-order valence-corrected chi connectivity index (χ1v) is 7.81. The number of rotatable bonds is 4. The number of thiocarbonyl (C=S) groups is 1. The van der Waals surface area contributed by atoms with Gasteiger partial charge in [0.05, 0.1) is 10.6 Å². The average Bonchev–Trinajstić information content (AvgIpc) is 2.47. The summed E-state index contributed by atoms with van der Waals surface area (Å²) in [5, 5.41) is 0. The van der Waals surface area contributed by atoms with Crippen LogP contribution in [0.5, 0.6) is 0 Å². The second-order valence-corrected chi connectivity index (χ2v) is 6.75. The zero-order chi connectivity index (χ0) is 15.6. The minimum absolute atomic E-state index is 0.0691. The second kappa shape index (κ2) is 5.79. The third kappa shape index (κ3) is 3.20. The van der Waals surface area contributed by atoms with Crippen molar-refractivity contribution in [2.45, 2.75) is 4.90 Å². The lowest BCUT2D eigenvalue weighted by atomic mass is 10.2. The van der Waals surface area contributed by atoms with Crippen molar-refractivity contribution < 1.29 is 12.8 Å². The van der Waals surface area contributed by atoms with Crippen molar-refractivity contribution in [3.8, 4) is 0 Å². The van der Waals surface area contributed by atoms with Gasteiger partial charge >= 0.3 is 0 Å². The Morgan fingerprint density at radius 1 is 1.19 bits per heavy atom. The lowest BCUT2D eigenvalue weighted by molar-refractivity contribution is 0.594. The van der Waals surface area contributed by atoms with Crippen molar-refractivity contribution in [1.82, 2.24) is 0 Å². The highest BCUT2D eigenvalue weighted by molar-refractivity contribution is 7.92. The molecule has 2 rings (SSSR count). The SMILES string of the molecule is CN(c1ccc(F)cc1)S(=O)(=O)c1cccc(C(N)=S)c1. The van der Waals surface area contributed by atoms with Crippen LogP contribution < -0.4 is 10.0 Å². The lowest BCUT2D eigenvalue weighted by Gasteiger charge is -2.19. The van der Waals surface area contributed by atoms with Gasteiger partial charge in [0.25, 0.3) is 10.0 Å². The predicted molar refractivity (Wildman–Crippen MR) is 84.3 cm³/mol. The molecule has 0 unspecified atom stereocenters. The van der Waals surface area contributed by atoms with Crippen molar-refractivity contribution in [1.29, 1.82) is 0 Å². The zero-order valence-electron chi connectivity index (χ0n) is 11.2. The summed E-state index contributed by atoms with van der Waals surface area (Å²) in [4.78, 5) is 0.191. The van der Waals surface area contributed by atoms with Gasteiger partial charge in [-0.15, -0.1) is 0 Å². The third-order valence-electron chi connectivity index (χ3n) is 2.97. The quantitative estimate of drug-likeness (QED) is 0.877. The molecule has 0 fully saturated rings. The molecule has 7 heteroatoms. The molecule has 0 amide bonds. The Bertz CT molecular complexity index is 774. The van der Waals surface area contributed by atoms with Gasteiger partial charge in [-0.2, -0.15) is 0 Å². The maximum Gasteiger partial charge on any atom is 0.264 e. The summed E-state index contributed by atoms with van der Waals surface area (Å²) < 4.78 is 39.1. The van der Waals surface area contributed by atoms with Crippen LogP contribution in [-0.2, 0) is 10.0 Å². The summed E-state index contributed by atoms with van der Waals surface area (Å²) in [5.41, 5.74) is 6.34. The van der Waals surface area contributed by atoms with Crippen molar-refractivity contribution in [2.24, 2.45) is 5.73 Å². The molecule has 0 aliphatic carbocycles. The van der Waals surface area contributed by atoms with Crippen molar-refractivity contribution in [3.63, 3.8) is 0 Å². The van der Waals surface area contributed by atoms with Crippen molar-refractivity contribution in [3.05, 3.63) is 59.9 Å². The molecule has 2 N–H and O–H groups in total. The number of nitrogens with zero attached hydrogens (tertiary/aromatic N) is 1. The monoisotopic (exact) mass is 324 g/mol. The molecule has 0 radical (unpaired) electrons. The highest BCUT2D eigenvalue weighted by Gasteiger charge is 2.21. The fraction of sp³-hybridized carbons (Fsp3) is 0.0714. The maximum absolute atomic E-state index is 12.9.